The van der Waals surface area contributed by atoms with Crippen molar-refractivity contribution >= 4 is 17.3 Å². The van der Waals surface area contributed by atoms with Crippen LogP contribution >= 0.6 is 0 Å². The van der Waals surface area contributed by atoms with Gasteiger partial charge in [-0.15, -0.1) is 0 Å². The monoisotopic (exact) mass is 176 g/mol. The molecule has 1 aromatic rings. The molecule has 0 aliphatic carbocycles. The number of likely N-dealkylation sites (N-methyl/N-ethyl adjacent to an activating group) is 1. The average Bonchev–Trinajstić information content (AvgIpc) is 2.15. The Morgan fingerprint density at radius 2 is 2.08 bits per heavy atom. The first-order valence-electron chi connectivity index (χ1n) is 4.33. The second-order valence-corrected chi connectivity index (χ2v) is 3.29. The first-order valence-corrected chi connectivity index (χ1v) is 4.33. The SMILES string of the molecule is CC1C(=O)Nc2ccccc2N1C. The van der Waals surface area contributed by atoms with Crippen molar-refractivity contribution in [1.29, 1.82) is 0 Å². The standard InChI is InChI=1S/C10H12N2O/c1-7-10(13)11-8-5-3-4-6-9(8)12(7)2/h3-7H,1-2H3,(H,11,13). The van der Waals surface area contributed by atoms with Crippen molar-refractivity contribution in [3.63, 3.8) is 0 Å². The van der Waals surface area contributed by atoms with Gasteiger partial charge in [0.2, 0.25) is 5.91 Å². The summed E-state index contributed by atoms with van der Waals surface area (Å²) in [7, 11) is 1.93. The number of para-hydroxylation sites is 2. The van der Waals surface area contributed by atoms with Gasteiger partial charge in [-0.1, -0.05) is 12.1 Å². The zero-order valence-electron chi connectivity index (χ0n) is 7.74. The van der Waals surface area contributed by atoms with E-state index in [4.69, 9.17) is 0 Å². The van der Waals surface area contributed by atoms with Crippen LogP contribution in [0.3, 0.4) is 0 Å². The van der Waals surface area contributed by atoms with E-state index in [-0.39, 0.29) is 11.9 Å². The molecule has 0 bridgehead atoms. The van der Waals surface area contributed by atoms with Gasteiger partial charge in [-0.25, -0.2) is 0 Å². The number of anilines is 2. The van der Waals surface area contributed by atoms with Gasteiger partial charge in [-0.2, -0.15) is 0 Å². The maximum absolute atomic E-state index is 11.4. The van der Waals surface area contributed by atoms with E-state index in [0.29, 0.717) is 0 Å². The van der Waals surface area contributed by atoms with Crippen LogP contribution in [0.15, 0.2) is 24.3 Å². The van der Waals surface area contributed by atoms with Crippen molar-refractivity contribution in [2.24, 2.45) is 0 Å². The van der Waals surface area contributed by atoms with Gasteiger partial charge in [0.1, 0.15) is 6.04 Å². The molecule has 1 unspecified atom stereocenters. The number of hydrogen-bond acceptors (Lipinski definition) is 2. The molecule has 1 atom stereocenters. The van der Waals surface area contributed by atoms with E-state index in [0.717, 1.165) is 11.4 Å². The zero-order valence-corrected chi connectivity index (χ0v) is 7.74. The van der Waals surface area contributed by atoms with Crippen LogP contribution in [0.4, 0.5) is 11.4 Å². The van der Waals surface area contributed by atoms with Crippen LogP contribution in [-0.2, 0) is 4.79 Å². The van der Waals surface area contributed by atoms with Crippen molar-refractivity contribution in [3.8, 4) is 0 Å². The summed E-state index contributed by atoms with van der Waals surface area (Å²) in [4.78, 5) is 13.4. The van der Waals surface area contributed by atoms with Gasteiger partial charge in [-0.3, -0.25) is 4.79 Å². The normalized spacial score (nSPS) is 20.9. The molecule has 1 heterocycles. The van der Waals surface area contributed by atoms with Crippen molar-refractivity contribution in [2.45, 2.75) is 13.0 Å². The number of carbonyl (C=O) groups excluding carboxylic acids is 1. The topological polar surface area (TPSA) is 32.3 Å². The number of benzene rings is 1. The van der Waals surface area contributed by atoms with Crippen LogP contribution in [0.1, 0.15) is 6.92 Å². The molecule has 13 heavy (non-hydrogen) atoms. The lowest BCUT2D eigenvalue weighted by atomic mass is 10.1. The van der Waals surface area contributed by atoms with Crippen molar-refractivity contribution in [3.05, 3.63) is 24.3 Å². The Kier molecular flexibility index (Phi) is 1.72. The third-order valence-corrected chi connectivity index (χ3v) is 2.50. The predicted octanol–water partition coefficient (Wildman–Crippen LogP) is 1.46. The van der Waals surface area contributed by atoms with Crippen LogP contribution in [0.25, 0.3) is 0 Å². The number of nitrogens with one attached hydrogen (secondary N) is 1. The minimum atomic E-state index is -0.0881. The van der Waals surface area contributed by atoms with E-state index in [1.807, 2.05) is 43.1 Å². The summed E-state index contributed by atoms with van der Waals surface area (Å²) >= 11 is 0. The highest BCUT2D eigenvalue weighted by molar-refractivity contribution is 6.03. The molecule has 1 aliphatic rings. The number of rotatable bonds is 0. The Balaban J connectivity index is 2.49. The van der Waals surface area contributed by atoms with Gasteiger partial charge < -0.3 is 10.2 Å². The predicted molar refractivity (Wildman–Crippen MR) is 52.9 cm³/mol. The second-order valence-electron chi connectivity index (χ2n) is 3.29. The number of carbonyl (C=O) groups is 1. The number of nitrogens with zero attached hydrogens (tertiary/aromatic N) is 1. The molecule has 1 amide bonds. The molecule has 68 valence electrons. The summed E-state index contributed by atoms with van der Waals surface area (Å²) in [5.74, 6) is 0.0567. The fourth-order valence-corrected chi connectivity index (χ4v) is 1.51. The number of fused-ring (bicyclic) bond motifs is 1. The van der Waals surface area contributed by atoms with Crippen molar-refractivity contribution in [2.75, 3.05) is 17.3 Å². The van der Waals surface area contributed by atoms with Crippen molar-refractivity contribution in [1.82, 2.24) is 0 Å². The van der Waals surface area contributed by atoms with Gasteiger partial charge >= 0.3 is 0 Å². The Morgan fingerprint density at radius 3 is 2.85 bits per heavy atom. The Bertz CT molecular complexity index is 349. The molecular formula is C10H12N2O. The zero-order chi connectivity index (χ0) is 9.42. The van der Waals surface area contributed by atoms with Crippen LogP contribution < -0.4 is 10.2 Å². The van der Waals surface area contributed by atoms with E-state index in [1.54, 1.807) is 0 Å². The summed E-state index contributed by atoms with van der Waals surface area (Å²) in [5, 5.41) is 2.86. The van der Waals surface area contributed by atoms with Crippen LogP contribution in [0.2, 0.25) is 0 Å². The molecule has 1 aromatic carbocycles. The third-order valence-electron chi connectivity index (χ3n) is 2.50. The Morgan fingerprint density at radius 1 is 1.38 bits per heavy atom. The second kappa shape index (κ2) is 2.76. The molecule has 0 saturated heterocycles. The number of hydrogen-bond donors (Lipinski definition) is 1. The molecule has 0 fully saturated rings. The average molecular weight is 176 g/mol. The summed E-state index contributed by atoms with van der Waals surface area (Å²) in [6, 6.07) is 7.72. The van der Waals surface area contributed by atoms with Gasteiger partial charge in [0, 0.05) is 7.05 Å². The quantitative estimate of drug-likeness (QED) is 0.649. The van der Waals surface area contributed by atoms with E-state index >= 15 is 0 Å². The molecular weight excluding hydrogens is 164 g/mol. The van der Waals surface area contributed by atoms with Crippen LogP contribution in [0.5, 0.6) is 0 Å². The van der Waals surface area contributed by atoms with E-state index in [1.165, 1.54) is 0 Å². The largest absolute Gasteiger partial charge is 0.361 e. The molecule has 2 rings (SSSR count). The third kappa shape index (κ3) is 1.16. The highest BCUT2D eigenvalue weighted by Gasteiger charge is 2.25. The van der Waals surface area contributed by atoms with E-state index in [9.17, 15) is 4.79 Å². The lowest BCUT2D eigenvalue weighted by Gasteiger charge is -2.32. The smallest absolute Gasteiger partial charge is 0.246 e. The van der Waals surface area contributed by atoms with Gasteiger partial charge in [0.15, 0.2) is 0 Å². The molecule has 3 nitrogen and oxygen atoms in total. The highest BCUT2D eigenvalue weighted by atomic mass is 16.2. The minimum Gasteiger partial charge on any atom is -0.361 e. The number of amides is 1. The first kappa shape index (κ1) is 8.10. The Labute approximate surface area is 77.4 Å². The minimum absolute atomic E-state index is 0.0567. The van der Waals surface area contributed by atoms with Gasteiger partial charge in [0.25, 0.3) is 0 Å². The van der Waals surface area contributed by atoms with Gasteiger partial charge in [-0.05, 0) is 19.1 Å². The van der Waals surface area contributed by atoms with Gasteiger partial charge in [0.05, 0.1) is 11.4 Å². The van der Waals surface area contributed by atoms with E-state index < -0.39 is 0 Å². The molecule has 0 spiro atoms. The lowest BCUT2D eigenvalue weighted by Crippen LogP contribution is -2.43. The molecule has 0 radical (unpaired) electrons. The van der Waals surface area contributed by atoms with Crippen LogP contribution in [0, 0.1) is 0 Å². The maximum Gasteiger partial charge on any atom is 0.246 e. The fraction of sp³-hybridized carbons (Fsp3) is 0.300. The molecule has 0 aromatic heterocycles. The first-order chi connectivity index (χ1) is 6.20. The summed E-state index contributed by atoms with van der Waals surface area (Å²) in [5.41, 5.74) is 1.97. The summed E-state index contributed by atoms with van der Waals surface area (Å²) in [6.07, 6.45) is 0. The van der Waals surface area contributed by atoms with Crippen LogP contribution in [-0.4, -0.2) is 19.0 Å². The molecule has 1 N–H and O–H groups in total. The maximum atomic E-state index is 11.4. The fourth-order valence-electron chi connectivity index (χ4n) is 1.51. The lowest BCUT2D eigenvalue weighted by molar-refractivity contribution is -0.117. The summed E-state index contributed by atoms with van der Waals surface area (Å²) in [6.45, 7) is 1.89. The molecule has 0 saturated carbocycles. The molecule has 1 aliphatic heterocycles. The molecule has 3 heteroatoms. The highest BCUT2D eigenvalue weighted by Crippen LogP contribution is 2.29. The van der Waals surface area contributed by atoms with E-state index in [2.05, 4.69) is 5.32 Å². The Hall–Kier alpha value is -1.51. The van der Waals surface area contributed by atoms with Crippen molar-refractivity contribution < 1.29 is 4.79 Å². The summed E-state index contributed by atoms with van der Waals surface area (Å²) < 4.78 is 0.